The molecule has 0 saturated heterocycles. The van der Waals surface area contributed by atoms with Crippen LogP contribution >= 0.6 is 0 Å². The van der Waals surface area contributed by atoms with Crippen molar-refractivity contribution in [2.45, 2.75) is 12.7 Å². The highest BCUT2D eigenvalue weighted by Crippen LogP contribution is 2.34. The molecule has 2 rings (SSSR count). The molecular weight excluding hydrogens is 293 g/mol. The highest BCUT2D eigenvalue weighted by molar-refractivity contribution is 5.93. The molecule has 0 bridgehead atoms. The molecule has 2 aromatic carbocycles. The van der Waals surface area contributed by atoms with E-state index in [1.54, 1.807) is 0 Å². The smallest absolute Gasteiger partial charge is 0.324 e. The van der Waals surface area contributed by atoms with Crippen LogP contribution in [0.15, 0.2) is 54.6 Å². The third kappa shape index (κ3) is 4.60. The number of rotatable bonds is 5. The fourth-order valence-corrected chi connectivity index (χ4v) is 1.95. The van der Waals surface area contributed by atoms with Gasteiger partial charge in [0.05, 0.1) is 17.8 Å². The lowest BCUT2D eigenvalue weighted by molar-refractivity contribution is -0.137. The zero-order chi connectivity index (χ0) is 16.0. The number of carbonyl (C=O) groups is 1. The molecule has 0 saturated carbocycles. The standard InChI is InChI=1S/C16H15F3N2O/c17-16(18,19)13-8-4-5-9-14(13)21-15(22)11-20-10-12-6-2-1-3-7-12/h1-9,20H,10-11H2,(H,21,22). The van der Waals surface area contributed by atoms with Crippen molar-refractivity contribution in [1.82, 2.24) is 5.32 Å². The molecule has 22 heavy (non-hydrogen) atoms. The molecule has 0 aliphatic heterocycles. The van der Waals surface area contributed by atoms with Gasteiger partial charge in [-0.1, -0.05) is 42.5 Å². The van der Waals surface area contributed by atoms with E-state index in [0.717, 1.165) is 11.6 Å². The van der Waals surface area contributed by atoms with Gasteiger partial charge < -0.3 is 10.6 Å². The van der Waals surface area contributed by atoms with Crippen LogP contribution in [0.2, 0.25) is 0 Å². The zero-order valence-electron chi connectivity index (χ0n) is 11.7. The monoisotopic (exact) mass is 308 g/mol. The first-order valence-corrected chi connectivity index (χ1v) is 6.67. The molecule has 3 nitrogen and oxygen atoms in total. The summed E-state index contributed by atoms with van der Waals surface area (Å²) in [6, 6.07) is 14.3. The van der Waals surface area contributed by atoms with Gasteiger partial charge in [0.25, 0.3) is 0 Å². The van der Waals surface area contributed by atoms with E-state index < -0.39 is 17.6 Å². The summed E-state index contributed by atoms with van der Waals surface area (Å²) in [6.45, 7) is 0.399. The maximum atomic E-state index is 12.8. The average Bonchev–Trinajstić information content (AvgIpc) is 2.48. The van der Waals surface area contributed by atoms with E-state index in [1.807, 2.05) is 30.3 Å². The van der Waals surface area contributed by atoms with E-state index >= 15 is 0 Å². The van der Waals surface area contributed by atoms with Crippen molar-refractivity contribution in [3.05, 3.63) is 65.7 Å². The van der Waals surface area contributed by atoms with Crippen LogP contribution in [-0.4, -0.2) is 12.5 Å². The number of para-hydroxylation sites is 1. The third-order valence-electron chi connectivity index (χ3n) is 2.96. The van der Waals surface area contributed by atoms with Gasteiger partial charge in [-0.3, -0.25) is 4.79 Å². The van der Waals surface area contributed by atoms with Gasteiger partial charge in [0.1, 0.15) is 0 Å². The van der Waals surface area contributed by atoms with Crippen molar-refractivity contribution in [2.24, 2.45) is 0 Å². The number of carbonyl (C=O) groups excluding carboxylic acids is 1. The van der Waals surface area contributed by atoms with Crippen LogP contribution < -0.4 is 10.6 Å². The maximum absolute atomic E-state index is 12.8. The molecule has 0 atom stereocenters. The molecule has 0 aliphatic carbocycles. The first kappa shape index (κ1) is 16.0. The van der Waals surface area contributed by atoms with E-state index in [4.69, 9.17) is 0 Å². The second-order valence-electron chi connectivity index (χ2n) is 4.68. The lowest BCUT2D eigenvalue weighted by atomic mass is 10.1. The Morgan fingerprint density at radius 1 is 0.955 bits per heavy atom. The molecule has 0 fully saturated rings. The molecule has 0 aliphatic rings. The number of alkyl halides is 3. The molecule has 0 heterocycles. The van der Waals surface area contributed by atoms with Crippen LogP contribution in [0.25, 0.3) is 0 Å². The van der Waals surface area contributed by atoms with Crippen LogP contribution in [0.1, 0.15) is 11.1 Å². The molecule has 6 heteroatoms. The Hall–Kier alpha value is -2.34. The minimum absolute atomic E-state index is 0.0684. The lowest BCUT2D eigenvalue weighted by Crippen LogP contribution is -2.28. The summed E-state index contributed by atoms with van der Waals surface area (Å²) >= 11 is 0. The second-order valence-corrected chi connectivity index (χ2v) is 4.68. The van der Waals surface area contributed by atoms with Gasteiger partial charge in [-0.25, -0.2) is 0 Å². The van der Waals surface area contributed by atoms with Gasteiger partial charge in [0, 0.05) is 6.54 Å². The highest BCUT2D eigenvalue weighted by Gasteiger charge is 2.33. The SMILES string of the molecule is O=C(CNCc1ccccc1)Nc1ccccc1C(F)(F)F. The Morgan fingerprint density at radius 3 is 2.27 bits per heavy atom. The molecule has 0 aromatic heterocycles. The van der Waals surface area contributed by atoms with Gasteiger partial charge >= 0.3 is 6.18 Å². The van der Waals surface area contributed by atoms with Gasteiger partial charge in [0.2, 0.25) is 5.91 Å². The number of halogens is 3. The molecule has 0 radical (unpaired) electrons. The van der Waals surface area contributed by atoms with Crippen molar-refractivity contribution in [1.29, 1.82) is 0 Å². The molecule has 2 aromatic rings. The molecule has 116 valence electrons. The minimum Gasteiger partial charge on any atom is -0.324 e. The third-order valence-corrected chi connectivity index (χ3v) is 2.96. The van der Waals surface area contributed by atoms with Crippen LogP contribution in [0.3, 0.4) is 0 Å². The fourth-order valence-electron chi connectivity index (χ4n) is 1.95. The molecule has 1 amide bonds. The lowest BCUT2D eigenvalue weighted by Gasteiger charge is -2.13. The Balaban J connectivity index is 1.90. The second kappa shape index (κ2) is 7.09. The van der Waals surface area contributed by atoms with E-state index in [0.29, 0.717) is 6.54 Å². The summed E-state index contributed by atoms with van der Waals surface area (Å²) < 4.78 is 38.4. The summed E-state index contributed by atoms with van der Waals surface area (Å²) in [5.41, 5.74) is -0.0982. The first-order valence-electron chi connectivity index (χ1n) is 6.67. The highest BCUT2D eigenvalue weighted by atomic mass is 19.4. The molecule has 0 unspecified atom stereocenters. The summed E-state index contributed by atoms with van der Waals surface area (Å²) in [6.07, 6.45) is -4.50. The molecule has 2 N–H and O–H groups in total. The van der Waals surface area contributed by atoms with Crippen molar-refractivity contribution in [2.75, 3.05) is 11.9 Å². The van der Waals surface area contributed by atoms with Crippen molar-refractivity contribution < 1.29 is 18.0 Å². The number of anilines is 1. The van der Waals surface area contributed by atoms with Crippen LogP contribution in [0.4, 0.5) is 18.9 Å². The Morgan fingerprint density at radius 2 is 1.59 bits per heavy atom. The number of benzene rings is 2. The summed E-state index contributed by atoms with van der Waals surface area (Å²) in [4.78, 5) is 11.7. The van der Waals surface area contributed by atoms with Crippen molar-refractivity contribution in [3.8, 4) is 0 Å². The topological polar surface area (TPSA) is 41.1 Å². The fraction of sp³-hybridized carbons (Fsp3) is 0.188. The Kier molecular flexibility index (Phi) is 5.16. The number of nitrogens with one attached hydrogen (secondary N) is 2. The van der Waals surface area contributed by atoms with Gasteiger partial charge in [-0.05, 0) is 17.7 Å². The van der Waals surface area contributed by atoms with Crippen molar-refractivity contribution in [3.63, 3.8) is 0 Å². The number of hydrogen-bond acceptors (Lipinski definition) is 2. The van der Waals surface area contributed by atoms with Crippen LogP contribution in [0, 0.1) is 0 Å². The predicted molar refractivity (Wildman–Crippen MR) is 78.2 cm³/mol. The number of hydrogen-bond donors (Lipinski definition) is 2. The summed E-state index contributed by atoms with van der Waals surface area (Å²) in [7, 11) is 0. The molecular formula is C16H15F3N2O. The Bertz CT molecular complexity index is 627. The maximum Gasteiger partial charge on any atom is 0.418 e. The van der Waals surface area contributed by atoms with E-state index in [-0.39, 0.29) is 12.2 Å². The number of amides is 1. The summed E-state index contributed by atoms with van der Waals surface area (Å²) in [5.74, 6) is -0.521. The first-order chi connectivity index (χ1) is 10.5. The zero-order valence-corrected chi connectivity index (χ0v) is 11.7. The molecule has 0 spiro atoms. The van der Waals surface area contributed by atoms with Gasteiger partial charge in [-0.15, -0.1) is 0 Å². The van der Waals surface area contributed by atoms with Gasteiger partial charge in [0.15, 0.2) is 0 Å². The summed E-state index contributed by atoms with van der Waals surface area (Å²) in [5, 5.41) is 5.17. The van der Waals surface area contributed by atoms with E-state index in [2.05, 4.69) is 10.6 Å². The quantitative estimate of drug-likeness (QED) is 0.888. The van der Waals surface area contributed by atoms with Crippen LogP contribution in [-0.2, 0) is 17.5 Å². The van der Waals surface area contributed by atoms with Crippen LogP contribution in [0.5, 0.6) is 0 Å². The van der Waals surface area contributed by atoms with E-state index in [1.165, 1.54) is 18.2 Å². The minimum atomic E-state index is -4.50. The largest absolute Gasteiger partial charge is 0.418 e. The predicted octanol–water partition coefficient (Wildman–Crippen LogP) is 3.43. The van der Waals surface area contributed by atoms with Crippen molar-refractivity contribution >= 4 is 11.6 Å². The normalized spacial score (nSPS) is 11.2. The Labute approximate surface area is 126 Å². The average molecular weight is 308 g/mol. The van der Waals surface area contributed by atoms with E-state index in [9.17, 15) is 18.0 Å². The van der Waals surface area contributed by atoms with Gasteiger partial charge in [-0.2, -0.15) is 13.2 Å².